The summed E-state index contributed by atoms with van der Waals surface area (Å²) in [5, 5.41) is 4.58. The summed E-state index contributed by atoms with van der Waals surface area (Å²) in [6.07, 6.45) is 1.32. The molecule has 0 N–H and O–H groups in total. The Bertz CT molecular complexity index is 445. The third-order valence-electron chi connectivity index (χ3n) is 4.32. The van der Waals surface area contributed by atoms with Crippen LogP contribution < -0.4 is 0 Å². The fourth-order valence-corrected chi connectivity index (χ4v) is 3.32. The molecule has 0 radical (unpaired) electrons. The third kappa shape index (κ3) is 3.22. The highest BCUT2D eigenvalue weighted by Gasteiger charge is 2.32. The first-order valence-electron chi connectivity index (χ1n) is 7.27. The Morgan fingerprint density at radius 1 is 1.37 bits per heavy atom. The molecule has 2 rings (SSSR count). The zero-order chi connectivity index (χ0) is 14.2. The topological polar surface area (TPSA) is 21.1 Å². The maximum absolute atomic E-state index is 4.58. The van der Waals surface area contributed by atoms with E-state index >= 15 is 0 Å². The van der Waals surface area contributed by atoms with Crippen molar-refractivity contribution in [2.75, 3.05) is 13.1 Å². The number of likely N-dealkylation sites (tertiary alicyclic amines) is 1. The monoisotopic (exact) mass is 327 g/mol. The van der Waals surface area contributed by atoms with Crippen LogP contribution >= 0.6 is 15.9 Å². The molecular formula is C15H26BrN3. The summed E-state index contributed by atoms with van der Waals surface area (Å²) in [5.41, 5.74) is 2.85. The second-order valence-corrected chi connectivity index (χ2v) is 7.54. The van der Waals surface area contributed by atoms with Crippen LogP contribution in [0.1, 0.15) is 45.5 Å². The molecule has 0 spiro atoms. The van der Waals surface area contributed by atoms with Gasteiger partial charge in [-0.1, -0.05) is 20.8 Å². The van der Waals surface area contributed by atoms with E-state index in [1.165, 1.54) is 29.7 Å². The van der Waals surface area contributed by atoms with Crippen LogP contribution in [0.3, 0.4) is 0 Å². The Balaban J connectivity index is 2.07. The minimum absolute atomic E-state index is 0.424. The molecule has 1 aliphatic rings. The van der Waals surface area contributed by atoms with E-state index < -0.39 is 0 Å². The zero-order valence-corrected chi connectivity index (χ0v) is 14.4. The summed E-state index contributed by atoms with van der Waals surface area (Å²) in [6.45, 7) is 15.7. The van der Waals surface area contributed by atoms with Crippen molar-refractivity contribution in [3.8, 4) is 0 Å². The molecule has 19 heavy (non-hydrogen) atoms. The first-order chi connectivity index (χ1) is 8.82. The van der Waals surface area contributed by atoms with Crippen LogP contribution in [-0.2, 0) is 13.1 Å². The number of halogens is 1. The second kappa shape index (κ2) is 5.57. The van der Waals surface area contributed by atoms with Gasteiger partial charge in [0.1, 0.15) is 0 Å². The lowest BCUT2D eigenvalue weighted by atomic mass is 9.80. The van der Waals surface area contributed by atoms with Crippen LogP contribution in [-0.4, -0.2) is 27.8 Å². The molecule has 1 aromatic heterocycles. The highest BCUT2D eigenvalue weighted by molar-refractivity contribution is 9.10. The third-order valence-corrected chi connectivity index (χ3v) is 5.35. The molecule has 1 fully saturated rings. The summed E-state index contributed by atoms with van der Waals surface area (Å²) in [7, 11) is 0. The summed E-state index contributed by atoms with van der Waals surface area (Å²) >= 11 is 3.69. The van der Waals surface area contributed by atoms with Crippen molar-refractivity contribution in [3.63, 3.8) is 0 Å². The molecule has 2 heterocycles. The van der Waals surface area contributed by atoms with Gasteiger partial charge in [-0.2, -0.15) is 5.10 Å². The maximum Gasteiger partial charge on any atom is 0.0739 e. The molecule has 3 nitrogen and oxygen atoms in total. The minimum atomic E-state index is 0.424. The zero-order valence-electron chi connectivity index (χ0n) is 12.8. The molecule has 0 aromatic carbocycles. The summed E-state index contributed by atoms with van der Waals surface area (Å²) in [5.74, 6) is 0.811. The minimum Gasteiger partial charge on any atom is -0.297 e. The smallest absolute Gasteiger partial charge is 0.0739 e. The van der Waals surface area contributed by atoms with E-state index in [4.69, 9.17) is 0 Å². The van der Waals surface area contributed by atoms with E-state index in [9.17, 15) is 0 Å². The van der Waals surface area contributed by atoms with Crippen molar-refractivity contribution < 1.29 is 0 Å². The van der Waals surface area contributed by atoms with Gasteiger partial charge in [0.2, 0.25) is 0 Å². The van der Waals surface area contributed by atoms with Gasteiger partial charge in [-0.05, 0) is 54.1 Å². The predicted molar refractivity (Wildman–Crippen MR) is 83.2 cm³/mol. The number of hydrogen-bond donors (Lipinski definition) is 0. The van der Waals surface area contributed by atoms with E-state index in [2.05, 4.69) is 65.2 Å². The summed E-state index contributed by atoms with van der Waals surface area (Å²) in [4.78, 5) is 2.57. The van der Waals surface area contributed by atoms with Gasteiger partial charge in [-0.15, -0.1) is 0 Å². The average Bonchev–Trinajstić information content (AvgIpc) is 2.89. The maximum atomic E-state index is 4.58. The number of hydrogen-bond acceptors (Lipinski definition) is 2. The van der Waals surface area contributed by atoms with Crippen molar-refractivity contribution in [1.29, 1.82) is 0 Å². The molecule has 0 amide bonds. The molecule has 1 unspecified atom stereocenters. The van der Waals surface area contributed by atoms with Gasteiger partial charge in [0, 0.05) is 19.6 Å². The summed E-state index contributed by atoms with van der Waals surface area (Å²) in [6, 6.07) is 0. The molecule has 0 aliphatic carbocycles. The van der Waals surface area contributed by atoms with Crippen LogP contribution in [0.15, 0.2) is 4.47 Å². The highest BCUT2D eigenvalue weighted by Crippen LogP contribution is 2.34. The quantitative estimate of drug-likeness (QED) is 0.840. The fourth-order valence-electron chi connectivity index (χ4n) is 2.91. The van der Waals surface area contributed by atoms with Gasteiger partial charge >= 0.3 is 0 Å². The Morgan fingerprint density at radius 3 is 2.58 bits per heavy atom. The average molecular weight is 328 g/mol. The van der Waals surface area contributed by atoms with Crippen molar-refractivity contribution in [2.45, 2.75) is 54.1 Å². The summed E-state index contributed by atoms with van der Waals surface area (Å²) < 4.78 is 3.32. The Hall–Kier alpha value is -0.350. The standard InChI is InChI=1S/C15H26BrN3/c1-6-19-13(14(16)11(2)17-19)10-18-8-7-12(9-18)15(3,4)5/h12H,6-10H2,1-5H3. The van der Waals surface area contributed by atoms with Crippen molar-refractivity contribution in [3.05, 3.63) is 15.9 Å². The lowest BCUT2D eigenvalue weighted by molar-refractivity contribution is 0.224. The number of nitrogens with zero attached hydrogens (tertiary/aromatic N) is 3. The molecular weight excluding hydrogens is 302 g/mol. The number of aryl methyl sites for hydroxylation is 2. The SMILES string of the molecule is CCn1nc(C)c(Br)c1CN1CCC(C(C)(C)C)C1. The number of rotatable bonds is 3. The van der Waals surface area contributed by atoms with E-state index in [0.717, 1.165) is 24.7 Å². The molecule has 1 saturated heterocycles. The van der Waals surface area contributed by atoms with Gasteiger partial charge in [-0.25, -0.2) is 0 Å². The first-order valence-corrected chi connectivity index (χ1v) is 8.06. The van der Waals surface area contributed by atoms with Gasteiger partial charge in [0.25, 0.3) is 0 Å². The highest BCUT2D eigenvalue weighted by atomic mass is 79.9. The Morgan fingerprint density at radius 2 is 2.05 bits per heavy atom. The number of aromatic nitrogens is 2. The van der Waals surface area contributed by atoms with E-state index in [-0.39, 0.29) is 0 Å². The Kier molecular flexibility index (Phi) is 4.41. The van der Waals surface area contributed by atoms with Gasteiger partial charge in [0.15, 0.2) is 0 Å². The van der Waals surface area contributed by atoms with Crippen molar-refractivity contribution in [2.24, 2.45) is 11.3 Å². The first kappa shape index (κ1) is 15.0. The van der Waals surface area contributed by atoms with Crippen LogP contribution in [0.25, 0.3) is 0 Å². The van der Waals surface area contributed by atoms with Crippen LogP contribution in [0.2, 0.25) is 0 Å². The van der Waals surface area contributed by atoms with Crippen LogP contribution in [0.5, 0.6) is 0 Å². The van der Waals surface area contributed by atoms with Gasteiger partial charge in [-0.3, -0.25) is 9.58 Å². The molecule has 108 valence electrons. The lowest BCUT2D eigenvalue weighted by Gasteiger charge is -2.27. The van der Waals surface area contributed by atoms with E-state index in [1.54, 1.807) is 0 Å². The van der Waals surface area contributed by atoms with Gasteiger partial charge in [0.05, 0.1) is 15.9 Å². The van der Waals surface area contributed by atoms with E-state index in [1.807, 2.05) is 0 Å². The van der Waals surface area contributed by atoms with Crippen molar-refractivity contribution in [1.82, 2.24) is 14.7 Å². The molecule has 0 saturated carbocycles. The lowest BCUT2D eigenvalue weighted by Crippen LogP contribution is -2.26. The fraction of sp³-hybridized carbons (Fsp3) is 0.800. The van der Waals surface area contributed by atoms with Gasteiger partial charge < -0.3 is 0 Å². The molecule has 0 bridgehead atoms. The molecule has 1 aromatic rings. The van der Waals surface area contributed by atoms with E-state index in [0.29, 0.717) is 5.41 Å². The normalized spacial score (nSPS) is 21.3. The van der Waals surface area contributed by atoms with Crippen LogP contribution in [0.4, 0.5) is 0 Å². The van der Waals surface area contributed by atoms with Crippen LogP contribution in [0, 0.1) is 18.3 Å². The molecule has 4 heteroatoms. The Labute approximate surface area is 125 Å². The van der Waals surface area contributed by atoms with Crippen molar-refractivity contribution >= 4 is 15.9 Å². The predicted octanol–water partition coefficient (Wildman–Crippen LogP) is 3.84. The molecule has 1 atom stereocenters. The second-order valence-electron chi connectivity index (χ2n) is 6.75. The largest absolute Gasteiger partial charge is 0.297 e. The molecule has 1 aliphatic heterocycles.